The molecule has 2 amide bonds. The number of likely N-dealkylation sites (tertiary alicyclic amines) is 1. The molecule has 1 saturated heterocycles. The number of rotatable bonds is 8. The Morgan fingerprint density at radius 3 is 2.33 bits per heavy atom. The van der Waals surface area contributed by atoms with E-state index < -0.39 is 29.3 Å². The Bertz CT molecular complexity index is 869. The van der Waals surface area contributed by atoms with E-state index in [9.17, 15) is 24.2 Å². The molecule has 3 rings (SSSR count). The lowest BCUT2D eigenvalue weighted by molar-refractivity contribution is -0.164. The van der Waals surface area contributed by atoms with E-state index in [4.69, 9.17) is 4.74 Å². The molecule has 7 nitrogen and oxygen atoms in total. The second-order valence-electron chi connectivity index (χ2n) is 7.40. The number of carbonyl (C=O) groups is 2. The van der Waals surface area contributed by atoms with Crippen LogP contribution in [0.1, 0.15) is 23.1 Å². The monoisotopic (exact) mass is 416 g/mol. The third-order valence-corrected chi connectivity index (χ3v) is 5.40. The van der Waals surface area contributed by atoms with E-state index in [1.165, 1.54) is 31.4 Å². The fraction of sp³-hybridized carbons (Fsp3) is 0.364. The number of hydrogen-bond acceptors (Lipinski definition) is 5. The zero-order chi connectivity index (χ0) is 21.7. The van der Waals surface area contributed by atoms with Gasteiger partial charge in [0.2, 0.25) is 5.91 Å². The van der Waals surface area contributed by atoms with Crippen molar-refractivity contribution in [2.24, 2.45) is 0 Å². The van der Waals surface area contributed by atoms with E-state index in [1.807, 2.05) is 18.2 Å². The molecule has 0 spiro atoms. The van der Waals surface area contributed by atoms with Crippen molar-refractivity contribution < 1.29 is 28.9 Å². The minimum Gasteiger partial charge on any atom is -0.395 e. The maximum Gasteiger partial charge on any atom is 0.253 e. The van der Waals surface area contributed by atoms with Crippen molar-refractivity contribution in [2.75, 3.05) is 33.4 Å². The Morgan fingerprint density at radius 2 is 1.77 bits per heavy atom. The van der Waals surface area contributed by atoms with Crippen molar-refractivity contribution in [2.45, 2.75) is 17.6 Å². The number of amides is 2. The molecular weight excluding hydrogens is 391 g/mol. The lowest BCUT2D eigenvalue weighted by Crippen LogP contribution is -2.69. The fourth-order valence-corrected chi connectivity index (χ4v) is 3.49. The SMILES string of the molecule is COC1(CNC(=O)[C@H](O)c2ccc(F)cc2)CN(C(=O)C(CO)c2ccccc2)C1. The molecule has 0 aromatic heterocycles. The largest absolute Gasteiger partial charge is 0.395 e. The van der Waals surface area contributed by atoms with Crippen LogP contribution in [0.5, 0.6) is 0 Å². The van der Waals surface area contributed by atoms with Gasteiger partial charge in [0.15, 0.2) is 6.10 Å². The molecule has 0 saturated carbocycles. The zero-order valence-electron chi connectivity index (χ0n) is 16.6. The predicted octanol–water partition coefficient (Wildman–Crippen LogP) is 0.979. The molecule has 1 aliphatic heterocycles. The minimum atomic E-state index is -1.44. The molecule has 0 radical (unpaired) electrons. The van der Waals surface area contributed by atoms with Crippen molar-refractivity contribution >= 4 is 11.8 Å². The summed E-state index contributed by atoms with van der Waals surface area (Å²) in [6, 6.07) is 14.1. The standard InChI is InChI=1S/C22H25FN2O5/c1-30-22(12-24-20(28)19(27)16-7-9-17(23)10-8-16)13-25(14-22)21(29)18(11-26)15-5-3-2-4-6-15/h2-10,18-19,26-27H,11-14H2,1H3,(H,24,28)/t18?,19-/m1/s1. The van der Waals surface area contributed by atoms with Gasteiger partial charge >= 0.3 is 0 Å². The van der Waals surface area contributed by atoms with Gasteiger partial charge in [-0.3, -0.25) is 9.59 Å². The third-order valence-electron chi connectivity index (χ3n) is 5.40. The van der Waals surface area contributed by atoms with E-state index in [1.54, 1.807) is 17.0 Å². The van der Waals surface area contributed by atoms with Crippen LogP contribution < -0.4 is 5.32 Å². The Balaban J connectivity index is 1.56. The first kappa shape index (κ1) is 21.9. The van der Waals surface area contributed by atoms with Gasteiger partial charge in [0.1, 0.15) is 11.4 Å². The Kier molecular flexibility index (Phi) is 6.81. The highest BCUT2D eigenvalue weighted by atomic mass is 19.1. The smallest absolute Gasteiger partial charge is 0.253 e. The van der Waals surface area contributed by atoms with Crippen LogP contribution in [0.2, 0.25) is 0 Å². The maximum absolute atomic E-state index is 13.0. The van der Waals surface area contributed by atoms with Gasteiger partial charge in [-0.2, -0.15) is 0 Å². The van der Waals surface area contributed by atoms with Crippen molar-refractivity contribution in [1.29, 1.82) is 0 Å². The molecule has 1 unspecified atom stereocenters. The van der Waals surface area contributed by atoms with Crippen molar-refractivity contribution in [1.82, 2.24) is 10.2 Å². The molecule has 2 aromatic rings. The van der Waals surface area contributed by atoms with Crippen LogP contribution in [0.25, 0.3) is 0 Å². The molecule has 1 aliphatic rings. The number of methoxy groups -OCH3 is 1. The first-order valence-electron chi connectivity index (χ1n) is 9.60. The molecule has 0 aliphatic carbocycles. The molecule has 2 aromatic carbocycles. The molecule has 30 heavy (non-hydrogen) atoms. The first-order valence-corrected chi connectivity index (χ1v) is 9.60. The van der Waals surface area contributed by atoms with Gasteiger partial charge in [0.05, 0.1) is 32.2 Å². The Hall–Kier alpha value is -2.81. The second kappa shape index (κ2) is 9.34. The number of aliphatic hydroxyl groups is 2. The number of ether oxygens (including phenoxy) is 1. The summed E-state index contributed by atoms with van der Waals surface area (Å²) in [4.78, 5) is 26.6. The fourth-order valence-electron chi connectivity index (χ4n) is 3.49. The number of benzene rings is 2. The summed E-state index contributed by atoms with van der Waals surface area (Å²) < 4.78 is 18.5. The van der Waals surface area contributed by atoms with Crippen LogP contribution in [0, 0.1) is 5.82 Å². The summed E-state index contributed by atoms with van der Waals surface area (Å²) in [5, 5.41) is 22.5. The molecule has 1 fully saturated rings. The molecule has 2 atom stereocenters. The van der Waals surface area contributed by atoms with Gasteiger partial charge in [-0.25, -0.2) is 4.39 Å². The molecule has 3 N–H and O–H groups in total. The van der Waals surface area contributed by atoms with Crippen molar-refractivity contribution in [3.8, 4) is 0 Å². The number of halogens is 1. The molecular formula is C22H25FN2O5. The van der Waals surface area contributed by atoms with Crippen LogP contribution in [-0.2, 0) is 14.3 Å². The molecule has 0 bridgehead atoms. The summed E-state index contributed by atoms with van der Waals surface area (Å²) in [7, 11) is 1.49. The summed E-state index contributed by atoms with van der Waals surface area (Å²) in [6.07, 6.45) is -1.44. The summed E-state index contributed by atoms with van der Waals surface area (Å²) in [6.45, 7) is 0.288. The quantitative estimate of drug-likeness (QED) is 0.596. The van der Waals surface area contributed by atoms with Crippen LogP contribution in [0.4, 0.5) is 4.39 Å². The van der Waals surface area contributed by atoms with Crippen LogP contribution in [-0.4, -0.2) is 65.9 Å². The highest BCUT2D eigenvalue weighted by Crippen LogP contribution is 2.29. The average Bonchev–Trinajstić information content (AvgIpc) is 2.74. The zero-order valence-corrected chi connectivity index (χ0v) is 16.6. The lowest BCUT2D eigenvalue weighted by atomic mass is 9.89. The van der Waals surface area contributed by atoms with Gasteiger partial charge in [0, 0.05) is 7.11 Å². The highest BCUT2D eigenvalue weighted by Gasteiger charge is 2.47. The third kappa shape index (κ3) is 4.67. The van der Waals surface area contributed by atoms with Gasteiger partial charge in [-0.1, -0.05) is 42.5 Å². The van der Waals surface area contributed by atoms with Gasteiger partial charge in [0.25, 0.3) is 5.91 Å². The van der Waals surface area contributed by atoms with Crippen LogP contribution >= 0.6 is 0 Å². The normalized spacial score (nSPS) is 17.0. The topological polar surface area (TPSA) is 99.1 Å². The number of nitrogens with one attached hydrogen (secondary N) is 1. The lowest BCUT2D eigenvalue weighted by Gasteiger charge is -2.49. The summed E-state index contributed by atoms with van der Waals surface area (Å²) >= 11 is 0. The average molecular weight is 416 g/mol. The molecule has 8 heteroatoms. The molecule has 1 heterocycles. The van der Waals surface area contributed by atoms with Gasteiger partial charge < -0.3 is 25.2 Å². The number of nitrogens with zero attached hydrogens (tertiary/aromatic N) is 1. The first-order chi connectivity index (χ1) is 14.4. The van der Waals surface area contributed by atoms with E-state index >= 15 is 0 Å². The molecule has 160 valence electrons. The second-order valence-corrected chi connectivity index (χ2v) is 7.40. The van der Waals surface area contributed by atoms with Crippen molar-refractivity contribution in [3.05, 3.63) is 71.5 Å². The van der Waals surface area contributed by atoms with Gasteiger partial charge in [-0.05, 0) is 23.3 Å². The Labute approximate surface area is 174 Å². The summed E-state index contributed by atoms with van der Waals surface area (Å²) in [5.74, 6) is -1.97. The number of aliphatic hydroxyl groups excluding tert-OH is 2. The highest BCUT2D eigenvalue weighted by molar-refractivity contribution is 5.85. The van der Waals surface area contributed by atoms with Gasteiger partial charge in [-0.15, -0.1) is 0 Å². The van der Waals surface area contributed by atoms with E-state index in [2.05, 4.69) is 5.32 Å². The van der Waals surface area contributed by atoms with Crippen molar-refractivity contribution in [3.63, 3.8) is 0 Å². The number of carbonyl (C=O) groups excluding carboxylic acids is 2. The summed E-state index contributed by atoms with van der Waals surface area (Å²) in [5.41, 5.74) is 0.236. The van der Waals surface area contributed by atoms with E-state index in [0.29, 0.717) is 0 Å². The van der Waals surface area contributed by atoms with E-state index in [-0.39, 0.29) is 37.7 Å². The minimum absolute atomic E-state index is 0.0967. The van der Waals surface area contributed by atoms with E-state index in [0.717, 1.165) is 5.56 Å². The Morgan fingerprint density at radius 1 is 1.13 bits per heavy atom. The maximum atomic E-state index is 13.0. The number of hydrogen-bond donors (Lipinski definition) is 3. The van der Waals surface area contributed by atoms with Crippen LogP contribution in [0.15, 0.2) is 54.6 Å². The van der Waals surface area contributed by atoms with Crippen LogP contribution in [0.3, 0.4) is 0 Å². The predicted molar refractivity (Wildman–Crippen MR) is 107 cm³/mol.